The van der Waals surface area contributed by atoms with Gasteiger partial charge in [-0.3, -0.25) is 0 Å². The second-order valence-electron chi connectivity index (χ2n) is 2.45. The average molecular weight is 151 g/mol. The maximum Gasteiger partial charge on any atom is 0.243 e. The standard InChI is InChI=1S/C7H9N3O/c8-10-5-3-6-2-1-4-9-7(6)11-10/h1-2,4H,3,5,8H2. The third-order valence-corrected chi connectivity index (χ3v) is 1.66. The fourth-order valence-electron chi connectivity index (χ4n) is 1.08. The van der Waals surface area contributed by atoms with Crippen LogP contribution in [-0.4, -0.2) is 16.7 Å². The summed E-state index contributed by atoms with van der Waals surface area (Å²) >= 11 is 0. The first-order chi connectivity index (χ1) is 5.36. The van der Waals surface area contributed by atoms with Gasteiger partial charge in [0, 0.05) is 11.8 Å². The highest BCUT2D eigenvalue weighted by Crippen LogP contribution is 2.18. The normalized spacial score (nSPS) is 17.2. The molecule has 4 nitrogen and oxygen atoms in total. The Balaban J connectivity index is 2.34. The van der Waals surface area contributed by atoms with Crippen molar-refractivity contribution in [2.75, 3.05) is 6.54 Å². The molecule has 1 aliphatic heterocycles. The van der Waals surface area contributed by atoms with E-state index in [9.17, 15) is 0 Å². The van der Waals surface area contributed by atoms with Crippen LogP contribution in [0.5, 0.6) is 5.88 Å². The summed E-state index contributed by atoms with van der Waals surface area (Å²) in [6.45, 7) is 0.721. The lowest BCUT2D eigenvalue weighted by atomic mass is 10.2. The summed E-state index contributed by atoms with van der Waals surface area (Å²) in [5, 5.41) is 1.30. The van der Waals surface area contributed by atoms with E-state index in [1.807, 2.05) is 12.1 Å². The van der Waals surface area contributed by atoms with E-state index in [4.69, 9.17) is 10.7 Å². The highest BCUT2D eigenvalue weighted by molar-refractivity contribution is 5.26. The Hall–Kier alpha value is -1.13. The quantitative estimate of drug-likeness (QED) is 0.534. The van der Waals surface area contributed by atoms with Gasteiger partial charge in [-0.25, -0.2) is 10.8 Å². The lowest BCUT2D eigenvalue weighted by Gasteiger charge is -2.22. The van der Waals surface area contributed by atoms with Gasteiger partial charge in [-0.15, -0.1) is 0 Å². The van der Waals surface area contributed by atoms with Crippen LogP contribution in [0.1, 0.15) is 5.56 Å². The molecular formula is C7H9N3O. The minimum Gasteiger partial charge on any atom is -0.371 e. The lowest BCUT2D eigenvalue weighted by Crippen LogP contribution is -2.39. The van der Waals surface area contributed by atoms with Crippen molar-refractivity contribution in [1.29, 1.82) is 0 Å². The SMILES string of the molecule is NN1CCc2cccnc2O1. The van der Waals surface area contributed by atoms with Crippen LogP contribution >= 0.6 is 0 Å². The molecule has 0 amide bonds. The molecule has 11 heavy (non-hydrogen) atoms. The van der Waals surface area contributed by atoms with Gasteiger partial charge in [0.2, 0.25) is 5.88 Å². The number of fused-ring (bicyclic) bond motifs is 1. The van der Waals surface area contributed by atoms with Gasteiger partial charge in [-0.2, -0.15) is 0 Å². The molecule has 0 spiro atoms. The predicted molar refractivity (Wildman–Crippen MR) is 39.5 cm³/mol. The molecule has 2 N–H and O–H groups in total. The molecule has 1 aromatic rings. The van der Waals surface area contributed by atoms with Crippen LogP contribution in [0.2, 0.25) is 0 Å². The molecule has 1 aliphatic rings. The maximum atomic E-state index is 5.42. The molecule has 2 rings (SSSR count). The van der Waals surface area contributed by atoms with E-state index < -0.39 is 0 Å². The number of nitrogens with zero attached hydrogens (tertiary/aromatic N) is 2. The van der Waals surface area contributed by atoms with E-state index in [0.29, 0.717) is 5.88 Å². The van der Waals surface area contributed by atoms with Crippen molar-refractivity contribution in [2.24, 2.45) is 5.84 Å². The molecule has 0 radical (unpaired) electrons. The molecule has 0 saturated carbocycles. The first kappa shape index (κ1) is 6.57. The molecule has 2 heterocycles. The number of hydrogen-bond donors (Lipinski definition) is 1. The molecule has 0 bridgehead atoms. The summed E-state index contributed by atoms with van der Waals surface area (Å²) in [6, 6.07) is 3.89. The van der Waals surface area contributed by atoms with Gasteiger partial charge < -0.3 is 4.84 Å². The van der Waals surface area contributed by atoms with Crippen molar-refractivity contribution in [1.82, 2.24) is 10.2 Å². The molecule has 0 aliphatic carbocycles. The van der Waals surface area contributed by atoms with Crippen molar-refractivity contribution >= 4 is 0 Å². The highest BCUT2D eigenvalue weighted by Gasteiger charge is 2.14. The predicted octanol–water partition coefficient (Wildman–Crippen LogP) is 0.107. The fourth-order valence-corrected chi connectivity index (χ4v) is 1.08. The van der Waals surface area contributed by atoms with E-state index >= 15 is 0 Å². The first-order valence-corrected chi connectivity index (χ1v) is 3.50. The van der Waals surface area contributed by atoms with Gasteiger partial charge in [0.25, 0.3) is 0 Å². The zero-order chi connectivity index (χ0) is 7.68. The average Bonchev–Trinajstić information content (AvgIpc) is 2.04. The van der Waals surface area contributed by atoms with E-state index in [2.05, 4.69) is 4.98 Å². The maximum absolute atomic E-state index is 5.42. The van der Waals surface area contributed by atoms with Crippen molar-refractivity contribution < 1.29 is 4.84 Å². The number of pyridine rings is 1. The molecule has 0 aromatic carbocycles. The minimum absolute atomic E-state index is 0.626. The van der Waals surface area contributed by atoms with Crippen LogP contribution in [-0.2, 0) is 6.42 Å². The molecule has 58 valence electrons. The van der Waals surface area contributed by atoms with Gasteiger partial charge in [0.05, 0.1) is 6.54 Å². The van der Waals surface area contributed by atoms with Gasteiger partial charge >= 0.3 is 0 Å². The van der Waals surface area contributed by atoms with Crippen molar-refractivity contribution in [2.45, 2.75) is 6.42 Å². The third kappa shape index (κ3) is 1.18. The van der Waals surface area contributed by atoms with Crippen LogP contribution in [0, 0.1) is 0 Å². The van der Waals surface area contributed by atoms with Crippen molar-refractivity contribution in [3.05, 3.63) is 23.9 Å². The summed E-state index contributed by atoms with van der Waals surface area (Å²) in [5.74, 6) is 6.05. The number of hydrogen-bond acceptors (Lipinski definition) is 4. The van der Waals surface area contributed by atoms with Crippen LogP contribution in [0.4, 0.5) is 0 Å². The van der Waals surface area contributed by atoms with Gasteiger partial charge in [0.15, 0.2) is 0 Å². The Labute approximate surface area is 64.5 Å². The largest absolute Gasteiger partial charge is 0.371 e. The zero-order valence-electron chi connectivity index (χ0n) is 6.03. The van der Waals surface area contributed by atoms with Crippen molar-refractivity contribution in [3.63, 3.8) is 0 Å². The Morgan fingerprint density at radius 2 is 2.55 bits per heavy atom. The molecular weight excluding hydrogens is 142 g/mol. The summed E-state index contributed by atoms with van der Waals surface area (Å²) in [7, 11) is 0. The number of hydroxylamine groups is 1. The summed E-state index contributed by atoms with van der Waals surface area (Å²) in [4.78, 5) is 9.16. The summed E-state index contributed by atoms with van der Waals surface area (Å²) in [5.41, 5.74) is 1.12. The van der Waals surface area contributed by atoms with Crippen LogP contribution in [0.25, 0.3) is 0 Å². The molecule has 0 saturated heterocycles. The smallest absolute Gasteiger partial charge is 0.243 e. The molecule has 4 heteroatoms. The summed E-state index contributed by atoms with van der Waals surface area (Å²) in [6.07, 6.45) is 2.59. The Kier molecular flexibility index (Phi) is 1.48. The van der Waals surface area contributed by atoms with E-state index in [1.165, 1.54) is 5.17 Å². The third-order valence-electron chi connectivity index (χ3n) is 1.66. The summed E-state index contributed by atoms with van der Waals surface area (Å²) < 4.78 is 0. The van der Waals surface area contributed by atoms with Gasteiger partial charge in [-0.1, -0.05) is 11.2 Å². The second-order valence-corrected chi connectivity index (χ2v) is 2.45. The fraction of sp³-hybridized carbons (Fsp3) is 0.286. The van der Waals surface area contributed by atoms with Gasteiger partial charge in [0.1, 0.15) is 0 Å². The van der Waals surface area contributed by atoms with Crippen LogP contribution < -0.4 is 10.7 Å². The van der Waals surface area contributed by atoms with E-state index in [0.717, 1.165) is 18.5 Å². The molecule has 0 fully saturated rings. The zero-order valence-corrected chi connectivity index (χ0v) is 6.03. The molecule has 1 aromatic heterocycles. The molecule has 0 atom stereocenters. The number of aromatic nitrogens is 1. The first-order valence-electron chi connectivity index (χ1n) is 3.50. The van der Waals surface area contributed by atoms with E-state index in [1.54, 1.807) is 6.20 Å². The lowest BCUT2D eigenvalue weighted by molar-refractivity contribution is -0.0749. The Morgan fingerprint density at radius 1 is 1.64 bits per heavy atom. The minimum atomic E-state index is 0.626. The highest BCUT2D eigenvalue weighted by atomic mass is 16.7. The number of nitrogens with two attached hydrogens (primary N) is 1. The Bertz CT molecular complexity index is 264. The van der Waals surface area contributed by atoms with Crippen LogP contribution in [0.3, 0.4) is 0 Å². The molecule has 0 unspecified atom stereocenters. The number of rotatable bonds is 0. The topological polar surface area (TPSA) is 51.4 Å². The monoisotopic (exact) mass is 151 g/mol. The second kappa shape index (κ2) is 2.48. The van der Waals surface area contributed by atoms with Crippen molar-refractivity contribution in [3.8, 4) is 5.88 Å². The van der Waals surface area contributed by atoms with Gasteiger partial charge in [-0.05, 0) is 12.5 Å². The van der Waals surface area contributed by atoms with E-state index in [-0.39, 0.29) is 0 Å². The number of hydrazine groups is 1. The van der Waals surface area contributed by atoms with Crippen LogP contribution in [0.15, 0.2) is 18.3 Å². The Morgan fingerprint density at radius 3 is 3.45 bits per heavy atom.